The molecule has 0 fully saturated rings. The summed E-state index contributed by atoms with van der Waals surface area (Å²) in [6.45, 7) is 0.812. The number of para-hydroxylation sites is 1. The molecule has 3 N–H and O–H groups in total. The highest BCUT2D eigenvalue weighted by Gasteiger charge is 2.36. The monoisotopic (exact) mass is 427 g/mol. The number of unbranched alkanes of at least 4 members (excludes halogenated alkanes) is 3. The van der Waals surface area contributed by atoms with E-state index in [9.17, 15) is 13.2 Å². The number of carboxylic acids is 1. The van der Waals surface area contributed by atoms with Gasteiger partial charge in [0.05, 0.1) is 17.1 Å². The summed E-state index contributed by atoms with van der Waals surface area (Å²) in [6, 6.07) is 12.6. The fourth-order valence-corrected chi connectivity index (χ4v) is 5.39. The number of fused-ring (bicyclic) bond motifs is 2. The lowest BCUT2D eigenvalue weighted by Crippen LogP contribution is -2.85. The molecule has 0 radical (unpaired) electrons. The average molecular weight is 428 g/mol. The molecule has 1 aliphatic rings. The lowest BCUT2D eigenvalue weighted by atomic mass is 9.96. The molecule has 0 amide bonds. The number of benzene rings is 2. The Kier molecular flexibility index (Phi) is 6.80. The Balaban J connectivity index is 1.88. The van der Waals surface area contributed by atoms with Gasteiger partial charge in [0, 0.05) is 30.2 Å². The normalized spacial score (nSPS) is 16.8. The predicted octanol–water partition coefficient (Wildman–Crippen LogP) is 2.49. The van der Waals surface area contributed by atoms with Gasteiger partial charge in [-0.1, -0.05) is 36.6 Å². The minimum atomic E-state index is -3.72. The van der Waals surface area contributed by atoms with E-state index in [2.05, 4.69) is 11.2 Å². The smallest absolute Gasteiger partial charge is 0.303 e. The molecule has 6 nitrogen and oxygen atoms in total. The van der Waals surface area contributed by atoms with Crippen LogP contribution in [0.2, 0.25) is 0 Å². The predicted molar refractivity (Wildman–Crippen MR) is 116 cm³/mol. The van der Waals surface area contributed by atoms with Crippen LogP contribution in [0.5, 0.6) is 0 Å². The van der Waals surface area contributed by atoms with Crippen LogP contribution in [-0.2, 0) is 14.8 Å². The molecule has 0 aliphatic carbocycles. The number of quaternary nitrogens is 1. The largest absolute Gasteiger partial charge is 0.481 e. The molecular weight excluding hydrogens is 400 g/mol. The summed E-state index contributed by atoms with van der Waals surface area (Å²) in [4.78, 5) is 10.9. The summed E-state index contributed by atoms with van der Waals surface area (Å²) in [5.41, 5.74) is 2.88. The van der Waals surface area contributed by atoms with Crippen molar-refractivity contribution in [2.45, 2.75) is 43.0 Å². The first-order valence-corrected chi connectivity index (χ1v) is 11.5. The lowest BCUT2D eigenvalue weighted by Gasteiger charge is -2.20. The fraction of sp³-hybridized carbons (Fsp3) is 0.348. The number of terminal acetylenes is 1. The number of aliphatic carboxylic acids is 1. The Labute approximate surface area is 178 Å². The molecule has 1 aliphatic heterocycles. The number of nitrogens with two attached hydrogens (primary N) is 1. The Bertz CT molecular complexity index is 1070. The van der Waals surface area contributed by atoms with Crippen LogP contribution in [0.3, 0.4) is 0 Å². The van der Waals surface area contributed by atoms with E-state index in [1.54, 1.807) is 19.2 Å². The van der Waals surface area contributed by atoms with E-state index >= 15 is 0 Å². The van der Waals surface area contributed by atoms with Crippen LogP contribution in [0.1, 0.15) is 54.8 Å². The number of nitrogens with zero attached hydrogens (tertiary/aromatic N) is 1. The first-order valence-electron chi connectivity index (χ1n) is 10.1. The number of hydrogen-bond donors (Lipinski definition) is 2. The third-order valence-electron chi connectivity index (χ3n) is 5.51. The average Bonchev–Trinajstić information content (AvgIpc) is 2.80. The molecule has 0 bridgehead atoms. The van der Waals surface area contributed by atoms with E-state index in [0.29, 0.717) is 17.7 Å². The second kappa shape index (κ2) is 9.33. The first-order chi connectivity index (χ1) is 14.4. The van der Waals surface area contributed by atoms with Crippen LogP contribution in [0, 0.1) is 12.3 Å². The number of hydrogen-bond acceptors (Lipinski definition) is 3. The molecule has 1 heterocycles. The summed E-state index contributed by atoms with van der Waals surface area (Å²) in [5, 5.41) is 10.9. The maximum atomic E-state index is 13.3. The van der Waals surface area contributed by atoms with E-state index in [1.807, 2.05) is 30.3 Å². The highest BCUT2D eigenvalue weighted by molar-refractivity contribution is 7.92. The molecule has 2 aromatic carbocycles. The van der Waals surface area contributed by atoms with Gasteiger partial charge in [-0.25, -0.2) is 8.42 Å². The van der Waals surface area contributed by atoms with Crippen molar-refractivity contribution in [2.24, 2.45) is 0 Å². The van der Waals surface area contributed by atoms with Crippen LogP contribution in [-0.4, -0.2) is 33.1 Å². The Morgan fingerprint density at radius 1 is 1.13 bits per heavy atom. The van der Waals surface area contributed by atoms with Crippen molar-refractivity contribution in [3.05, 3.63) is 59.2 Å². The molecule has 7 heteroatoms. The quantitative estimate of drug-likeness (QED) is 0.500. The zero-order valence-corrected chi connectivity index (χ0v) is 17.9. The van der Waals surface area contributed by atoms with Gasteiger partial charge in [-0.05, 0) is 37.5 Å². The van der Waals surface area contributed by atoms with Crippen molar-refractivity contribution >= 4 is 21.7 Å². The molecule has 1 unspecified atom stereocenters. The third kappa shape index (κ3) is 4.50. The molecule has 0 saturated carbocycles. The zero-order chi connectivity index (χ0) is 21.7. The van der Waals surface area contributed by atoms with E-state index in [1.165, 1.54) is 4.31 Å². The Hall–Kier alpha value is -2.82. The summed E-state index contributed by atoms with van der Waals surface area (Å²) < 4.78 is 27.9. The van der Waals surface area contributed by atoms with E-state index in [4.69, 9.17) is 11.5 Å². The minimum absolute atomic E-state index is 0.165. The van der Waals surface area contributed by atoms with Gasteiger partial charge >= 0.3 is 5.97 Å². The van der Waals surface area contributed by atoms with Gasteiger partial charge < -0.3 is 10.4 Å². The Morgan fingerprint density at radius 3 is 2.60 bits per heavy atom. The number of carbonyl (C=O) groups is 1. The van der Waals surface area contributed by atoms with Crippen LogP contribution in [0.15, 0.2) is 47.4 Å². The van der Waals surface area contributed by atoms with Gasteiger partial charge in [0.2, 0.25) is 0 Å². The van der Waals surface area contributed by atoms with Crippen LogP contribution >= 0.6 is 0 Å². The molecule has 158 valence electrons. The molecule has 2 aromatic rings. The summed E-state index contributed by atoms with van der Waals surface area (Å²) >= 11 is 0. The molecule has 1 atom stereocenters. The maximum Gasteiger partial charge on any atom is 0.303 e. The van der Waals surface area contributed by atoms with E-state index in [0.717, 1.165) is 36.9 Å². The first kappa shape index (κ1) is 21.9. The molecule has 3 rings (SSSR count). The number of carboxylic acid groups (broad SMARTS) is 1. The van der Waals surface area contributed by atoms with E-state index < -0.39 is 16.0 Å². The van der Waals surface area contributed by atoms with Crippen molar-refractivity contribution in [1.29, 1.82) is 0 Å². The van der Waals surface area contributed by atoms with E-state index in [-0.39, 0.29) is 17.4 Å². The summed E-state index contributed by atoms with van der Waals surface area (Å²) in [7, 11) is -2.15. The Morgan fingerprint density at radius 2 is 1.87 bits per heavy atom. The molecule has 0 saturated heterocycles. The van der Waals surface area contributed by atoms with Crippen LogP contribution in [0.25, 0.3) is 0 Å². The minimum Gasteiger partial charge on any atom is -0.481 e. The number of sulfonamides is 1. The van der Waals surface area contributed by atoms with Gasteiger partial charge in [-0.15, -0.1) is 6.42 Å². The van der Waals surface area contributed by atoms with Crippen molar-refractivity contribution in [3.63, 3.8) is 0 Å². The summed E-state index contributed by atoms with van der Waals surface area (Å²) in [5.74, 6) is 1.77. The molecular formula is C23H27N2O4S+. The van der Waals surface area contributed by atoms with Gasteiger partial charge in [0.15, 0.2) is 0 Å². The van der Waals surface area contributed by atoms with Crippen molar-refractivity contribution in [2.75, 3.05) is 17.9 Å². The molecule has 0 aromatic heterocycles. The second-order valence-electron chi connectivity index (χ2n) is 7.49. The van der Waals surface area contributed by atoms with Crippen LogP contribution in [0.4, 0.5) is 5.69 Å². The van der Waals surface area contributed by atoms with Gasteiger partial charge in [0.25, 0.3) is 10.0 Å². The summed E-state index contributed by atoms with van der Waals surface area (Å²) in [6.07, 6.45) is 9.15. The highest BCUT2D eigenvalue weighted by Crippen LogP contribution is 2.38. The molecule has 0 spiro atoms. The topological polar surface area (TPSA) is 91.3 Å². The lowest BCUT2D eigenvalue weighted by molar-refractivity contribution is -0.687. The van der Waals surface area contributed by atoms with Gasteiger partial charge in [-0.3, -0.25) is 9.10 Å². The number of rotatable bonds is 8. The maximum absolute atomic E-state index is 13.3. The zero-order valence-electron chi connectivity index (χ0n) is 17.0. The third-order valence-corrected chi connectivity index (χ3v) is 7.34. The highest BCUT2D eigenvalue weighted by atomic mass is 32.2. The molecule has 30 heavy (non-hydrogen) atoms. The van der Waals surface area contributed by atoms with Crippen molar-refractivity contribution in [1.82, 2.24) is 0 Å². The second-order valence-corrected chi connectivity index (χ2v) is 9.43. The van der Waals surface area contributed by atoms with Crippen molar-refractivity contribution in [3.8, 4) is 12.3 Å². The standard InChI is InChI=1S/C23H26N2O4S/c1-3-17-13-14-19-21(16-17)30(28,29)25(2)20-11-8-7-10-18(20)23(19)24-15-9-5-4-6-12-22(26)27/h1,7-8,10-11,13-14,16,23-24H,4-6,9,12,15H2,2H3,(H,26,27)/p+1. The van der Waals surface area contributed by atoms with Gasteiger partial charge in [-0.2, -0.15) is 0 Å². The SMILES string of the molecule is C#Cc1ccc2c(c1)S(=O)(=O)N(C)c1ccccc1C2[NH2+]CCCCCCC(=O)O. The number of anilines is 1. The fourth-order valence-electron chi connectivity index (χ4n) is 3.90. The van der Waals surface area contributed by atoms with Crippen LogP contribution < -0.4 is 9.62 Å². The van der Waals surface area contributed by atoms with Crippen molar-refractivity contribution < 1.29 is 23.6 Å². The van der Waals surface area contributed by atoms with Gasteiger partial charge in [0.1, 0.15) is 6.04 Å².